The van der Waals surface area contributed by atoms with Crippen LogP contribution in [0.25, 0.3) is 0 Å². The van der Waals surface area contributed by atoms with Gasteiger partial charge in [0.05, 0.1) is 6.10 Å². The first-order valence-corrected chi connectivity index (χ1v) is 11.6. The Kier molecular flexibility index (Phi) is 22.7. The highest BCUT2D eigenvalue weighted by Crippen LogP contribution is 2.10. The molecule has 0 radical (unpaired) electrons. The number of ether oxygens (including phenoxy) is 1. The first kappa shape index (κ1) is 25.8. The lowest BCUT2D eigenvalue weighted by Crippen LogP contribution is -2.30. The van der Waals surface area contributed by atoms with Gasteiger partial charge in [-0.2, -0.15) is 0 Å². The summed E-state index contributed by atoms with van der Waals surface area (Å²) in [6.07, 6.45) is 17.4. The highest BCUT2D eigenvalue weighted by atomic mass is 16.5. The van der Waals surface area contributed by atoms with Gasteiger partial charge in [0.1, 0.15) is 0 Å². The molecule has 0 amide bonds. The van der Waals surface area contributed by atoms with Crippen molar-refractivity contribution in [2.75, 3.05) is 39.3 Å². The second kappa shape index (κ2) is 22.9. The van der Waals surface area contributed by atoms with Gasteiger partial charge in [-0.05, 0) is 58.3 Å². The maximum Gasteiger partial charge on any atom is 0.0696 e. The van der Waals surface area contributed by atoms with Crippen molar-refractivity contribution < 1.29 is 4.74 Å². The van der Waals surface area contributed by atoms with E-state index in [-0.39, 0.29) is 0 Å². The van der Waals surface area contributed by atoms with Crippen LogP contribution in [0.15, 0.2) is 0 Å². The SMILES string of the molecule is CCCCCCCCCCCOC(CC)CNCCCCNCCCN. The van der Waals surface area contributed by atoms with E-state index in [2.05, 4.69) is 24.5 Å². The van der Waals surface area contributed by atoms with Gasteiger partial charge in [0, 0.05) is 13.2 Å². The molecular formula is C22H49N3O. The van der Waals surface area contributed by atoms with Crippen LogP contribution in [-0.2, 0) is 4.74 Å². The van der Waals surface area contributed by atoms with Crippen LogP contribution in [0.5, 0.6) is 0 Å². The van der Waals surface area contributed by atoms with E-state index >= 15 is 0 Å². The Balaban J connectivity index is 3.28. The minimum Gasteiger partial charge on any atom is -0.377 e. The van der Waals surface area contributed by atoms with Crippen molar-refractivity contribution >= 4 is 0 Å². The Morgan fingerprint density at radius 3 is 1.88 bits per heavy atom. The molecule has 0 aliphatic carbocycles. The molecule has 0 spiro atoms. The zero-order chi connectivity index (χ0) is 19.1. The molecule has 4 N–H and O–H groups in total. The van der Waals surface area contributed by atoms with Crippen LogP contribution in [0, 0.1) is 0 Å². The number of hydrogen-bond donors (Lipinski definition) is 3. The predicted molar refractivity (Wildman–Crippen MR) is 116 cm³/mol. The zero-order valence-electron chi connectivity index (χ0n) is 18.0. The van der Waals surface area contributed by atoms with Gasteiger partial charge < -0.3 is 21.1 Å². The molecule has 0 aromatic rings. The molecule has 158 valence electrons. The molecule has 0 aromatic carbocycles. The van der Waals surface area contributed by atoms with Gasteiger partial charge in [-0.3, -0.25) is 0 Å². The first-order chi connectivity index (χ1) is 12.8. The second-order valence-electron chi connectivity index (χ2n) is 7.53. The summed E-state index contributed by atoms with van der Waals surface area (Å²) in [7, 11) is 0. The maximum absolute atomic E-state index is 6.04. The van der Waals surface area contributed by atoms with E-state index in [9.17, 15) is 0 Å². The Morgan fingerprint density at radius 2 is 1.27 bits per heavy atom. The molecule has 4 nitrogen and oxygen atoms in total. The highest BCUT2D eigenvalue weighted by molar-refractivity contribution is 4.61. The molecule has 26 heavy (non-hydrogen) atoms. The third kappa shape index (κ3) is 20.2. The van der Waals surface area contributed by atoms with E-state index in [1.54, 1.807) is 0 Å². The monoisotopic (exact) mass is 371 g/mol. The molecule has 1 unspecified atom stereocenters. The first-order valence-electron chi connectivity index (χ1n) is 11.6. The van der Waals surface area contributed by atoms with Crippen LogP contribution >= 0.6 is 0 Å². The maximum atomic E-state index is 6.04. The predicted octanol–water partition coefficient (Wildman–Crippen LogP) is 4.62. The lowest BCUT2D eigenvalue weighted by Gasteiger charge is -2.17. The fourth-order valence-electron chi connectivity index (χ4n) is 3.10. The lowest BCUT2D eigenvalue weighted by atomic mass is 10.1. The largest absolute Gasteiger partial charge is 0.377 e. The molecule has 0 aliphatic rings. The van der Waals surface area contributed by atoms with Gasteiger partial charge in [-0.15, -0.1) is 0 Å². The van der Waals surface area contributed by atoms with Gasteiger partial charge in [-0.1, -0.05) is 65.2 Å². The summed E-state index contributed by atoms with van der Waals surface area (Å²) in [5.74, 6) is 0. The van der Waals surface area contributed by atoms with Crippen LogP contribution < -0.4 is 16.4 Å². The van der Waals surface area contributed by atoms with E-state index in [0.717, 1.165) is 52.2 Å². The fraction of sp³-hybridized carbons (Fsp3) is 1.00. The Labute approximate surface area is 164 Å². The molecule has 0 saturated heterocycles. The summed E-state index contributed by atoms with van der Waals surface area (Å²) >= 11 is 0. The number of nitrogens with two attached hydrogens (primary N) is 1. The fourth-order valence-corrected chi connectivity index (χ4v) is 3.10. The van der Waals surface area contributed by atoms with Crippen LogP contribution in [0.1, 0.15) is 97.3 Å². The quantitative estimate of drug-likeness (QED) is 0.243. The van der Waals surface area contributed by atoms with E-state index in [4.69, 9.17) is 10.5 Å². The molecule has 0 fully saturated rings. The van der Waals surface area contributed by atoms with Crippen molar-refractivity contribution in [3.05, 3.63) is 0 Å². The number of hydrogen-bond acceptors (Lipinski definition) is 4. The third-order valence-electron chi connectivity index (χ3n) is 4.94. The minimum atomic E-state index is 0.381. The Bertz CT molecular complexity index is 252. The van der Waals surface area contributed by atoms with Gasteiger partial charge in [0.25, 0.3) is 0 Å². The molecule has 0 bridgehead atoms. The summed E-state index contributed by atoms with van der Waals surface area (Å²) in [6, 6.07) is 0. The summed E-state index contributed by atoms with van der Waals surface area (Å²) in [4.78, 5) is 0. The summed E-state index contributed by atoms with van der Waals surface area (Å²) < 4.78 is 6.04. The molecule has 0 aromatic heterocycles. The van der Waals surface area contributed by atoms with Crippen LogP contribution in [0.2, 0.25) is 0 Å². The molecule has 0 heterocycles. The van der Waals surface area contributed by atoms with Crippen molar-refractivity contribution in [2.45, 2.75) is 103 Å². The molecule has 0 rings (SSSR count). The third-order valence-corrected chi connectivity index (χ3v) is 4.94. The smallest absolute Gasteiger partial charge is 0.0696 e. The van der Waals surface area contributed by atoms with Crippen LogP contribution in [-0.4, -0.2) is 45.4 Å². The van der Waals surface area contributed by atoms with E-state index in [0.29, 0.717) is 6.10 Å². The second-order valence-corrected chi connectivity index (χ2v) is 7.53. The Morgan fingerprint density at radius 1 is 0.692 bits per heavy atom. The van der Waals surface area contributed by atoms with Gasteiger partial charge in [0.15, 0.2) is 0 Å². The topological polar surface area (TPSA) is 59.3 Å². The number of rotatable bonds is 22. The molecule has 0 aliphatic heterocycles. The standard InChI is InChI=1S/C22H49N3O/c1-3-5-6-7-8-9-10-11-14-20-26-22(4-2)21-25-18-13-12-17-24-19-15-16-23/h22,24-25H,3-21,23H2,1-2H3. The van der Waals surface area contributed by atoms with Crippen molar-refractivity contribution in [1.82, 2.24) is 10.6 Å². The summed E-state index contributed by atoms with van der Waals surface area (Å²) in [5, 5.41) is 6.98. The average molecular weight is 372 g/mol. The van der Waals surface area contributed by atoms with Crippen LogP contribution in [0.4, 0.5) is 0 Å². The summed E-state index contributed by atoms with van der Waals surface area (Å²) in [5.41, 5.74) is 5.47. The Hall–Kier alpha value is -0.160. The lowest BCUT2D eigenvalue weighted by molar-refractivity contribution is 0.0482. The van der Waals surface area contributed by atoms with Crippen molar-refractivity contribution in [3.63, 3.8) is 0 Å². The highest BCUT2D eigenvalue weighted by Gasteiger charge is 2.05. The molecule has 1 atom stereocenters. The van der Waals surface area contributed by atoms with E-state index in [1.165, 1.54) is 70.6 Å². The van der Waals surface area contributed by atoms with Crippen molar-refractivity contribution in [1.29, 1.82) is 0 Å². The zero-order valence-corrected chi connectivity index (χ0v) is 18.0. The van der Waals surface area contributed by atoms with Gasteiger partial charge >= 0.3 is 0 Å². The van der Waals surface area contributed by atoms with Crippen molar-refractivity contribution in [2.24, 2.45) is 5.73 Å². The molecule has 4 heteroatoms. The van der Waals surface area contributed by atoms with Gasteiger partial charge in [-0.25, -0.2) is 0 Å². The van der Waals surface area contributed by atoms with Gasteiger partial charge in [0.2, 0.25) is 0 Å². The van der Waals surface area contributed by atoms with E-state index in [1.807, 2.05) is 0 Å². The summed E-state index contributed by atoms with van der Waals surface area (Å²) in [6.45, 7) is 10.5. The normalized spacial score (nSPS) is 12.6. The minimum absolute atomic E-state index is 0.381. The number of unbranched alkanes of at least 4 members (excludes halogenated alkanes) is 9. The van der Waals surface area contributed by atoms with Crippen LogP contribution in [0.3, 0.4) is 0 Å². The average Bonchev–Trinajstić information content (AvgIpc) is 2.66. The number of nitrogens with one attached hydrogen (secondary N) is 2. The molecular weight excluding hydrogens is 322 g/mol. The van der Waals surface area contributed by atoms with Crippen molar-refractivity contribution in [3.8, 4) is 0 Å². The van der Waals surface area contributed by atoms with E-state index < -0.39 is 0 Å². The molecule has 0 saturated carbocycles.